The zero-order valence-electron chi connectivity index (χ0n) is 45.4. The molecule has 4 aromatic carbocycles. The molecule has 414 valence electrons. The second kappa shape index (κ2) is 25.2. The third kappa shape index (κ3) is 14.7. The van der Waals surface area contributed by atoms with Crippen molar-refractivity contribution in [1.29, 1.82) is 0 Å². The van der Waals surface area contributed by atoms with Gasteiger partial charge in [-0.3, -0.25) is 24.7 Å². The lowest BCUT2D eigenvalue weighted by molar-refractivity contribution is 0.116. The maximum Gasteiger partial charge on any atom is 0.138 e. The smallest absolute Gasteiger partial charge is 0.138 e. The number of ether oxygens (including phenoxy) is 3. The monoisotopic (exact) mass is 1060 g/mol. The Morgan fingerprint density at radius 1 is 0.385 bits per heavy atom. The van der Waals surface area contributed by atoms with E-state index in [1.165, 1.54) is 5.56 Å². The molecular weight excluding hydrogens is 983 g/mol. The van der Waals surface area contributed by atoms with Gasteiger partial charge in [0.2, 0.25) is 0 Å². The Kier molecular flexibility index (Phi) is 17.8. The quantitative estimate of drug-likeness (QED) is 0.0572. The van der Waals surface area contributed by atoms with Gasteiger partial charge in [-0.2, -0.15) is 0 Å². The number of aliphatic hydroxyl groups is 3. The van der Waals surface area contributed by atoms with Gasteiger partial charge in [0.15, 0.2) is 0 Å². The number of aliphatic hydroxyl groups excluding tert-OH is 3. The molecular formula is C64H79N5O9. The minimum absolute atomic E-state index is 0.228. The Hall–Kier alpha value is -6.26. The number of hydrogen-bond donors (Lipinski definition) is 6. The highest BCUT2D eigenvalue weighted by Crippen LogP contribution is 2.43. The Bertz CT molecular complexity index is 2670. The standard InChI is InChI=1S/C22H27NO3.2C21H26N2O3/c1-15-2-8-20(9-3-15)26-21-10-17-12-23(13-18(17)11-21)14-22(25)16-4-6-19(24)7-5-16;2*1-14-6-20(10-22-9-14)26-19-7-16-11-23(12-17(16)8-19)13-21(25)15-2-4-18(24)5-3-15/h2-9,17-18,21-22,24-25H,10-14H2,1H3;2*2-6,9-10,16-17,19,21,24-25H,7-8,11-13H2,1H3/t17-,18+,21?,22?;2*16-,17+,19?,21?. The third-order valence-electron chi connectivity index (χ3n) is 17.1. The first kappa shape index (κ1) is 55.1. The lowest BCUT2D eigenvalue weighted by Gasteiger charge is -2.22. The van der Waals surface area contributed by atoms with Crippen LogP contribution in [0.25, 0.3) is 0 Å². The van der Waals surface area contributed by atoms with Crippen LogP contribution in [0.3, 0.4) is 0 Å². The van der Waals surface area contributed by atoms with Crippen LogP contribution in [-0.2, 0) is 0 Å². The second-order valence-electron chi connectivity index (χ2n) is 23.4. The summed E-state index contributed by atoms with van der Waals surface area (Å²) in [7, 11) is 0. The van der Waals surface area contributed by atoms with Crippen molar-refractivity contribution in [2.24, 2.45) is 35.5 Å². The zero-order chi connectivity index (χ0) is 54.3. The van der Waals surface area contributed by atoms with Gasteiger partial charge in [0.05, 0.1) is 49.0 Å². The van der Waals surface area contributed by atoms with Crippen LogP contribution >= 0.6 is 0 Å². The first-order valence-electron chi connectivity index (χ1n) is 28.2. The van der Waals surface area contributed by atoms with E-state index in [1.807, 2.05) is 38.4 Å². The molecule has 3 aliphatic carbocycles. The number of aromatic nitrogens is 2. The predicted octanol–water partition coefficient (Wildman–Crippen LogP) is 9.36. The number of fused-ring (bicyclic) bond motifs is 3. The molecule has 6 N–H and O–H groups in total. The number of β-amino-alcohol motifs (C(OH)–C–C–N with tert-alkyl or cyclic N) is 3. The number of rotatable bonds is 15. The molecule has 6 unspecified atom stereocenters. The molecule has 0 spiro atoms. The van der Waals surface area contributed by atoms with Crippen molar-refractivity contribution in [3.8, 4) is 34.5 Å². The number of likely N-dealkylation sites (tertiary alicyclic amines) is 3. The summed E-state index contributed by atoms with van der Waals surface area (Å²) in [4.78, 5) is 15.5. The Morgan fingerprint density at radius 2 is 0.667 bits per heavy atom. The van der Waals surface area contributed by atoms with Crippen molar-refractivity contribution < 1.29 is 44.8 Å². The van der Waals surface area contributed by atoms with Crippen LogP contribution in [0.5, 0.6) is 34.5 Å². The first-order chi connectivity index (χ1) is 37.7. The average Bonchev–Trinajstić information content (AvgIpc) is 4.34. The van der Waals surface area contributed by atoms with Crippen LogP contribution in [0.4, 0.5) is 0 Å². The van der Waals surface area contributed by atoms with E-state index >= 15 is 0 Å². The number of benzene rings is 4. The summed E-state index contributed by atoms with van der Waals surface area (Å²) in [5, 5.41) is 59.5. The SMILES string of the molecule is Cc1ccc(OC2C[C@@H]3CN(CC(O)c4ccc(O)cc4)C[C@@H]3C2)cc1.Cc1cncc(OC2C[C@@H]3CN(CC(O)c4ccc(O)cc4)C[C@@H]3C2)c1.Cc1cncc(OC2C[C@@H]3CN(CC(O)c4ccc(O)cc4)C[C@@H]3C2)c1. The van der Waals surface area contributed by atoms with Crippen molar-refractivity contribution in [3.63, 3.8) is 0 Å². The topological polar surface area (TPSA) is 185 Å². The highest BCUT2D eigenvalue weighted by molar-refractivity contribution is 5.31. The molecule has 14 nitrogen and oxygen atoms in total. The van der Waals surface area contributed by atoms with Crippen molar-refractivity contribution >= 4 is 0 Å². The predicted molar refractivity (Wildman–Crippen MR) is 300 cm³/mol. The number of hydrogen-bond acceptors (Lipinski definition) is 14. The summed E-state index contributed by atoms with van der Waals surface area (Å²) >= 11 is 0. The summed E-state index contributed by atoms with van der Waals surface area (Å²) in [6.07, 6.45) is 13.1. The van der Waals surface area contributed by atoms with Gasteiger partial charge >= 0.3 is 0 Å². The van der Waals surface area contributed by atoms with Crippen LogP contribution in [0.15, 0.2) is 134 Å². The summed E-state index contributed by atoms with van der Waals surface area (Å²) in [5.74, 6) is 7.30. The minimum Gasteiger partial charge on any atom is -0.508 e. The number of pyridine rings is 2. The number of phenols is 3. The Labute approximate surface area is 459 Å². The van der Waals surface area contributed by atoms with E-state index in [-0.39, 0.29) is 29.5 Å². The van der Waals surface area contributed by atoms with Crippen molar-refractivity contribution in [2.75, 3.05) is 58.9 Å². The van der Waals surface area contributed by atoms with Crippen LogP contribution < -0.4 is 14.2 Å². The fourth-order valence-corrected chi connectivity index (χ4v) is 13.3. The molecule has 3 saturated heterocycles. The zero-order valence-corrected chi connectivity index (χ0v) is 45.4. The average molecular weight is 1060 g/mol. The fraction of sp³-hybridized carbons (Fsp3) is 0.469. The molecule has 12 rings (SSSR count). The molecule has 6 aliphatic rings. The number of aryl methyl sites for hydroxylation is 3. The molecule has 0 radical (unpaired) electrons. The Balaban J connectivity index is 0.000000132. The van der Waals surface area contributed by atoms with E-state index in [9.17, 15) is 30.6 Å². The van der Waals surface area contributed by atoms with Gasteiger partial charge < -0.3 is 44.8 Å². The molecule has 3 aliphatic heterocycles. The molecule has 5 heterocycles. The highest BCUT2D eigenvalue weighted by Gasteiger charge is 2.44. The molecule has 2 aromatic heterocycles. The lowest BCUT2D eigenvalue weighted by Crippen LogP contribution is -2.28. The number of phenolic OH excluding ortho intramolecular Hbond substituents is 3. The molecule has 0 amide bonds. The van der Waals surface area contributed by atoms with Crippen LogP contribution in [-0.4, -0.2) is 133 Å². The molecule has 12 atom stereocenters. The van der Waals surface area contributed by atoms with Crippen LogP contribution in [0, 0.1) is 56.3 Å². The van der Waals surface area contributed by atoms with Crippen molar-refractivity contribution in [2.45, 2.75) is 95.9 Å². The van der Waals surface area contributed by atoms with E-state index in [2.05, 4.69) is 55.9 Å². The summed E-state index contributed by atoms with van der Waals surface area (Å²) in [6, 6.07) is 32.9. The Morgan fingerprint density at radius 3 is 0.949 bits per heavy atom. The van der Waals surface area contributed by atoms with E-state index in [4.69, 9.17) is 14.2 Å². The largest absolute Gasteiger partial charge is 0.508 e. The fourth-order valence-electron chi connectivity index (χ4n) is 13.3. The summed E-state index contributed by atoms with van der Waals surface area (Å²) < 4.78 is 18.4. The van der Waals surface area contributed by atoms with Gasteiger partial charge in [-0.25, -0.2) is 0 Å². The van der Waals surface area contributed by atoms with Gasteiger partial charge in [-0.1, -0.05) is 54.1 Å². The summed E-state index contributed by atoms with van der Waals surface area (Å²) in [6.45, 7) is 14.2. The highest BCUT2D eigenvalue weighted by atomic mass is 16.5. The number of nitrogens with zero attached hydrogens (tertiary/aromatic N) is 5. The molecule has 0 bridgehead atoms. The molecule has 14 heteroatoms. The third-order valence-corrected chi connectivity index (χ3v) is 17.1. The van der Waals surface area contributed by atoms with Gasteiger partial charge in [-0.05, 0) is 183 Å². The second-order valence-corrected chi connectivity index (χ2v) is 23.4. The lowest BCUT2D eigenvalue weighted by atomic mass is 10.0. The summed E-state index contributed by atoms with van der Waals surface area (Å²) in [5.41, 5.74) is 6.06. The molecule has 6 aromatic rings. The van der Waals surface area contributed by atoms with Gasteiger partial charge in [0.1, 0.15) is 34.5 Å². The van der Waals surface area contributed by atoms with Gasteiger partial charge in [0.25, 0.3) is 0 Å². The van der Waals surface area contributed by atoms with Crippen molar-refractivity contribution in [1.82, 2.24) is 24.7 Å². The van der Waals surface area contributed by atoms with Crippen LogP contribution in [0.2, 0.25) is 0 Å². The maximum atomic E-state index is 10.5. The van der Waals surface area contributed by atoms with Crippen molar-refractivity contribution in [3.05, 3.63) is 167 Å². The van der Waals surface area contributed by atoms with E-state index in [1.54, 1.807) is 85.2 Å². The van der Waals surface area contributed by atoms with Gasteiger partial charge in [0, 0.05) is 71.3 Å². The molecule has 78 heavy (non-hydrogen) atoms. The normalized spacial score (nSPS) is 26.6. The first-order valence-corrected chi connectivity index (χ1v) is 28.2. The van der Waals surface area contributed by atoms with Crippen LogP contribution in [0.1, 0.15) is 90.2 Å². The number of aromatic hydroxyl groups is 3. The minimum atomic E-state index is -0.514. The van der Waals surface area contributed by atoms with E-state index in [0.29, 0.717) is 61.2 Å². The van der Waals surface area contributed by atoms with E-state index in [0.717, 1.165) is 123 Å². The molecule has 6 fully saturated rings. The maximum absolute atomic E-state index is 10.5. The molecule has 3 saturated carbocycles. The van der Waals surface area contributed by atoms with Gasteiger partial charge in [-0.15, -0.1) is 0 Å². The van der Waals surface area contributed by atoms with E-state index < -0.39 is 18.3 Å².